The summed E-state index contributed by atoms with van der Waals surface area (Å²) in [5, 5.41) is 0. The van der Waals surface area contributed by atoms with Gasteiger partial charge in [-0.1, -0.05) is 75.9 Å². The molecule has 31 heavy (non-hydrogen) atoms. The Hall–Kier alpha value is 0.411. The lowest BCUT2D eigenvalue weighted by molar-refractivity contribution is -0.0442. The average molecular weight is 491 g/mol. The Kier molecular flexibility index (Phi) is 23.9. The van der Waals surface area contributed by atoms with Gasteiger partial charge in [0.2, 0.25) is 0 Å². The summed E-state index contributed by atoms with van der Waals surface area (Å²) in [5.74, 6) is 0.771. The fraction of sp³-hybridized carbons (Fsp3) is 1.00. The molecule has 6 radical (unpaired) electrons. The minimum absolute atomic E-state index is 0.0245. The minimum Gasteiger partial charge on any atom is -0.360 e. The van der Waals surface area contributed by atoms with Gasteiger partial charge in [0.15, 0.2) is 0 Å². The summed E-state index contributed by atoms with van der Waals surface area (Å²) >= 11 is 0. The van der Waals surface area contributed by atoms with Crippen molar-refractivity contribution in [3.05, 3.63) is 0 Å². The van der Waals surface area contributed by atoms with Crippen LogP contribution in [0.25, 0.3) is 0 Å². The van der Waals surface area contributed by atoms with Crippen LogP contribution in [0.15, 0.2) is 0 Å². The van der Waals surface area contributed by atoms with Crippen molar-refractivity contribution in [3.8, 4) is 0 Å². The van der Waals surface area contributed by atoms with Crippen molar-refractivity contribution in [2.75, 3.05) is 42.7 Å². The molecule has 0 unspecified atom stereocenters. The maximum Gasteiger partial charge on any atom is 0.136 e. The smallest absolute Gasteiger partial charge is 0.136 e. The van der Waals surface area contributed by atoms with E-state index in [0.717, 1.165) is 34.5 Å². The highest BCUT2D eigenvalue weighted by Gasteiger charge is 2.12. The highest BCUT2D eigenvalue weighted by atomic mass is 28.2. The van der Waals surface area contributed by atoms with Crippen molar-refractivity contribution in [2.45, 2.75) is 93.7 Å². The fourth-order valence-electron chi connectivity index (χ4n) is 3.56. The van der Waals surface area contributed by atoms with Gasteiger partial charge in [-0.3, -0.25) is 0 Å². The Morgan fingerprint density at radius 1 is 0.419 bits per heavy atom. The zero-order valence-electron chi connectivity index (χ0n) is 20.7. The standard InChI is InChI=1S/C22H46O6Si3/c1-23-20(24-2)29-16-10-7-13-19(14-8-11-17-30-21(25-3)26-4)15-9-12-18-31-22(27-5)28-6/h19-22H,7-18H2,1-6H3. The number of hydrogen-bond donors (Lipinski definition) is 0. The summed E-state index contributed by atoms with van der Waals surface area (Å²) in [6.07, 6.45) is 11.8. The maximum absolute atomic E-state index is 5.30. The summed E-state index contributed by atoms with van der Waals surface area (Å²) in [5.41, 5.74) is 0. The lowest BCUT2D eigenvalue weighted by atomic mass is 9.91. The first-order valence-electron chi connectivity index (χ1n) is 11.5. The third-order valence-corrected chi connectivity index (χ3v) is 9.68. The van der Waals surface area contributed by atoms with Crippen LogP contribution in [-0.2, 0) is 28.4 Å². The SMILES string of the molecule is COC(OC)[Si]CCCCC(CCCC[Si]C(OC)OC)CCCC[Si]C(OC)OC. The Bertz CT molecular complexity index is 304. The third-order valence-electron chi connectivity index (χ3n) is 5.33. The molecule has 0 aromatic heterocycles. The highest BCUT2D eigenvalue weighted by molar-refractivity contribution is 6.37. The van der Waals surface area contributed by atoms with Gasteiger partial charge in [-0.2, -0.15) is 0 Å². The topological polar surface area (TPSA) is 55.4 Å². The van der Waals surface area contributed by atoms with Crippen LogP contribution >= 0.6 is 0 Å². The molecule has 0 N–H and O–H groups in total. The molecule has 0 aromatic carbocycles. The Morgan fingerprint density at radius 2 is 0.677 bits per heavy atom. The minimum atomic E-state index is -0.0245. The predicted molar refractivity (Wildman–Crippen MR) is 130 cm³/mol. The van der Waals surface area contributed by atoms with Gasteiger partial charge >= 0.3 is 0 Å². The van der Waals surface area contributed by atoms with Gasteiger partial charge in [-0.15, -0.1) is 0 Å². The van der Waals surface area contributed by atoms with Crippen LogP contribution in [-0.4, -0.2) is 89.0 Å². The van der Waals surface area contributed by atoms with Crippen molar-refractivity contribution < 1.29 is 28.4 Å². The Morgan fingerprint density at radius 3 is 0.903 bits per heavy atom. The molecule has 0 atom stereocenters. The zero-order valence-corrected chi connectivity index (χ0v) is 23.7. The van der Waals surface area contributed by atoms with E-state index in [9.17, 15) is 0 Å². The van der Waals surface area contributed by atoms with Gasteiger partial charge in [0.1, 0.15) is 46.3 Å². The van der Waals surface area contributed by atoms with E-state index in [0.29, 0.717) is 0 Å². The Balaban J connectivity index is 4.13. The molecule has 9 heteroatoms. The molecule has 0 rings (SSSR count). The van der Waals surface area contributed by atoms with Crippen LogP contribution in [0.5, 0.6) is 0 Å². The first kappa shape index (κ1) is 31.4. The molecule has 0 spiro atoms. The van der Waals surface area contributed by atoms with Crippen LogP contribution in [0.4, 0.5) is 0 Å². The molecule has 0 aromatic rings. The second kappa shape index (κ2) is 23.6. The lowest BCUT2D eigenvalue weighted by Crippen LogP contribution is -2.21. The van der Waals surface area contributed by atoms with E-state index in [1.54, 1.807) is 42.7 Å². The summed E-state index contributed by atoms with van der Waals surface area (Å²) < 4.78 is 31.8. The normalized spacial score (nSPS) is 12.2. The van der Waals surface area contributed by atoms with Crippen LogP contribution in [0.2, 0.25) is 18.1 Å². The molecule has 0 amide bonds. The molecule has 0 fully saturated rings. The molecular weight excluding hydrogens is 444 g/mol. The first-order valence-corrected chi connectivity index (χ1v) is 15.4. The van der Waals surface area contributed by atoms with Gasteiger partial charge in [0, 0.05) is 42.7 Å². The van der Waals surface area contributed by atoms with Crippen LogP contribution in [0, 0.1) is 5.92 Å². The molecule has 0 saturated heterocycles. The van der Waals surface area contributed by atoms with Gasteiger partial charge in [-0.05, 0) is 5.92 Å². The Labute approximate surface area is 199 Å². The van der Waals surface area contributed by atoms with Crippen molar-refractivity contribution in [1.82, 2.24) is 0 Å². The van der Waals surface area contributed by atoms with E-state index in [2.05, 4.69) is 0 Å². The number of ether oxygens (including phenoxy) is 6. The number of unbranched alkanes of at least 4 members (excludes halogenated alkanes) is 3. The quantitative estimate of drug-likeness (QED) is 0.115. The highest BCUT2D eigenvalue weighted by Crippen LogP contribution is 2.24. The van der Waals surface area contributed by atoms with E-state index in [1.165, 1.54) is 75.9 Å². The van der Waals surface area contributed by atoms with Crippen molar-refractivity contribution in [3.63, 3.8) is 0 Å². The molecule has 0 aliphatic rings. The van der Waals surface area contributed by atoms with Crippen molar-refractivity contribution in [2.24, 2.45) is 5.92 Å². The van der Waals surface area contributed by atoms with Gasteiger partial charge in [-0.25, -0.2) is 0 Å². The zero-order chi connectivity index (χ0) is 23.2. The molecule has 0 saturated carbocycles. The number of hydrogen-bond acceptors (Lipinski definition) is 6. The van der Waals surface area contributed by atoms with Crippen molar-refractivity contribution in [1.29, 1.82) is 0 Å². The largest absolute Gasteiger partial charge is 0.360 e. The molecule has 0 heterocycles. The number of methoxy groups -OCH3 is 6. The summed E-state index contributed by atoms with van der Waals surface area (Å²) in [6.45, 7) is 0. The van der Waals surface area contributed by atoms with Gasteiger partial charge < -0.3 is 28.4 Å². The maximum atomic E-state index is 5.30. The average Bonchev–Trinajstić information content (AvgIpc) is 2.80. The van der Waals surface area contributed by atoms with E-state index >= 15 is 0 Å². The summed E-state index contributed by atoms with van der Waals surface area (Å²) in [6, 6.07) is 3.60. The molecule has 182 valence electrons. The summed E-state index contributed by atoms with van der Waals surface area (Å²) in [7, 11) is 12.5. The van der Waals surface area contributed by atoms with Gasteiger partial charge in [0.05, 0.1) is 0 Å². The number of rotatable bonds is 24. The van der Waals surface area contributed by atoms with E-state index in [-0.39, 0.29) is 17.7 Å². The van der Waals surface area contributed by atoms with Crippen LogP contribution in [0.3, 0.4) is 0 Å². The monoisotopic (exact) mass is 490 g/mol. The third kappa shape index (κ3) is 18.5. The van der Waals surface area contributed by atoms with E-state index in [1.807, 2.05) is 0 Å². The molecule has 6 nitrogen and oxygen atoms in total. The van der Waals surface area contributed by atoms with E-state index in [4.69, 9.17) is 28.4 Å². The summed E-state index contributed by atoms with van der Waals surface area (Å²) in [4.78, 5) is 0. The molecule has 0 bridgehead atoms. The molecule has 0 aliphatic heterocycles. The van der Waals surface area contributed by atoms with Gasteiger partial charge in [0.25, 0.3) is 0 Å². The lowest BCUT2D eigenvalue weighted by Gasteiger charge is -2.18. The predicted octanol–water partition coefficient (Wildman–Crippen LogP) is 4.21. The first-order chi connectivity index (χ1) is 15.1. The fourth-order valence-corrected chi connectivity index (χ4v) is 6.62. The van der Waals surface area contributed by atoms with Crippen LogP contribution < -0.4 is 0 Å². The second-order valence-electron chi connectivity index (χ2n) is 7.63. The molecular formula is C22H46O6Si3. The molecule has 0 aliphatic carbocycles. The van der Waals surface area contributed by atoms with E-state index < -0.39 is 0 Å². The van der Waals surface area contributed by atoms with Crippen LogP contribution in [0.1, 0.15) is 57.8 Å². The van der Waals surface area contributed by atoms with Crippen molar-refractivity contribution >= 4 is 28.6 Å². The second-order valence-corrected chi connectivity index (χ2v) is 11.8.